The molecule has 2 heteroatoms. The lowest BCUT2D eigenvalue weighted by Crippen LogP contribution is -2.45. The molecule has 0 aliphatic heterocycles. The second kappa shape index (κ2) is 8.77. The Balaban J connectivity index is 1.52. The van der Waals surface area contributed by atoms with Crippen molar-refractivity contribution in [3.8, 4) is 24.7 Å². The Morgan fingerprint density at radius 2 is 1.00 bits per heavy atom. The van der Waals surface area contributed by atoms with E-state index in [-0.39, 0.29) is 11.1 Å². The van der Waals surface area contributed by atoms with Gasteiger partial charge in [-0.05, 0) is 36.8 Å². The Kier molecular flexibility index (Phi) is 6.42. The van der Waals surface area contributed by atoms with Crippen LogP contribution in [0.2, 0.25) is 0 Å². The van der Waals surface area contributed by atoms with E-state index in [4.69, 9.17) is 12.8 Å². The number of terminal acetylenes is 2. The monoisotopic (exact) mass is 348 g/mol. The summed E-state index contributed by atoms with van der Waals surface area (Å²) in [5.41, 5.74) is 2.38. The summed E-state index contributed by atoms with van der Waals surface area (Å²) in [6, 6.07) is 8.84. The van der Waals surface area contributed by atoms with Gasteiger partial charge in [0.1, 0.15) is 0 Å². The van der Waals surface area contributed by atoms with Gasteiger partial charge in [0.05, 0.1) is 11.1 Å². The molecule has 0 saturated heterocycles. The van der Waals surface area contributed by atoms with Crippen molar-refractivity contribution in [1.29, 1.82) is 0 Å². The maximum Gasteiger partial charge on any atom is 0.0800 e. The van der Waals surface area contributed by atoms with E-state index in [1.165, 1.54) is 49.7 Å². The van der Waals surface area contributed by atoms with Gasteiger partial charge in [0.2, 0.25) is 0 Å². The summed E-state index contributed by atoms with van der Waals surface area (Å²) in [4.78, 5) is 0. The van der Waals surface area contributed by atoms with Crippen LogP contribution in [0.25, 0.3) is 0 Å². The fraction of sp³-hybridized carbons (Fsp3) is 0.583. The first kappa shape index (κ1) is 19.0. The van der Waals surface area contributed by atoms with Crippen molar-refractivity contribution in [3.63, 3.8) is 0 Å². The van der Waals surface area contributed by atoms with Gasteiger partial charge in [0.25, 0.3) is 0 Å². The zero-order valence-corrected chi connectivity index (χ0v) is 15.9. The van der Waals surface area contributed by atoms with Gasteiger partial charge in [-0.15, -0.1) is 12.8 Å². The summed E-state index contributed by atoms with van der Waals surface area (Å²) in [5.74, 6) is 6.05. The third-order valence-electron chi connectivity index (χ3n) is 6.25. The van der Waals surface area contributed by atoms with Crippen molar-refractivity contribution < 1.29 is 0 Å². The fourth-order valence-electron chi connectivity index (χ4n) is 4.37. The molecule has 138 valence electrons. The number of rotatable bonds is 6. The van der Waals surface area contributed by atoms with Crippen LogP contribution < -0.4 is 10.6 Å². The fourth-order valence-corrected chi connectivity index (χ4v) is 4.37. The van der Waals surface area contributed by atoms with Gasteiger partial charge in [-0.2, -0.15) is 0 Å². The Bertz CT molecular complexity index is 588. The highest BCUT2D eigenvalue weighted by Gasteiger charge is 2.30. The standard InChI is InChI=1S/C24H32N2/c1-3-23(15-7-5-8-16-23)25-19-21-11-13-22(14-12-21)20-26-24(4-2)17-9-6-10-18-24/h1-2,11-14,25-26H,5-10,15-20H2. The van der Waals surface area contributed by atoms with Gasteiger partial charge >= 0.3 is 0 Å². The van der Waals surface area contributed by atoms with Crippen LogP contribution in [-0.2, 0) is 13.1 Å². The van der Waals surface area contributed by atoms with Gasteiger partial charge in [0, 0.05) is 13.1 Å². The molecular formula is C24H32N2. The van der Waals surface area contributed by atoms with E-state index >= 15 is 0 Å². The predicted molar refractivity (Wildman–Crippen MR) is 109 cm³/mol. The van der Waals surface area contributed by atoms with Crippen molar-refractivity contribution in [2.75, 3.05) is 0 Å². The summed E-state index contributed by atoms with van der Waals surface area (Å²) < 4.78 is 0. The van der Waals surface area contributed by atoms with E-state index in [0.29, 0.717) is 0 Å². The minimum absolute atomic E-state index is 0.0986. The van der Waals surface area contributed by atoms with Gasteiger partial charge in [-0.25, -0.2) is 0 Å². The molecule has 0 aromatic heterocycles. The molecule has 2 aliphatic carbocycles. The van der Waals surface area contributed by atoms with Crippen molar-refractivity contribution in [2.45, 2.75) is 88.4 Å². The highest BCUT2D eigenvalue weighted by molar-refractivity contribution is 5.25. The number of hydrogen-bond acceptors (Lipinski definition) is 2. The third-order valence-corrected chi connectivity index (χ3v) is 6.25. The van der Waals surface area contributed by atoms with Crippen molar-refractivity contribution in [2.24, 2.45) is 0 Å². The van der Waals surface area contributed by atoms with Gasteiger partial charge in [-0.3, -0.25) is 10.6 Å². The molecule has 1 aromatic carbocycles. The minimum atomic E-state index is -0.0986. The van der Waals surface area contributed by atoms with E-state index < -0.39 is 0 Å². The van der Waals surface area contributed by atoms with Crippen LogP contribution >= 0.6 is 0 Å². The number of hydrogen-bond donors (Lipinski definition) is 2. The molecule has 0 amide bonds. The SMILES string of the molecule is C#CC1(NCc2ccc(CNC3(C#C)CCCCC3)cc2)CCCCC1. The van der Waals surface area contributed by atoms with Crippen LogP contribution in [0.3, 0.4) is 0 Å². The lowest BCUT2D eigenvalue weighted by atomic mass is 9.82. The molecule has 2 aliphatic rings. The highest BCUT2D eigenvalue weighted by atomic mass is 15.0. The maximum absolute atomic E-state index is 5.83. The molecule has 0 atom stereocenters. The van der Waals surface area contributed by atoms with E-state index in [2.05, 4.69) is 46.7 Å². The van der Waals surface area contributed by atoms with Gasteiger partial charge in [0.15, 0.2) is 0 Å². The first-order valence-electron chi connectivity index (χ1n) is 10.2. The van der Waals surface area contributed by atoms with Crippen molar-refractivity contribution >= 4 is 0 Å². The Morgan fingerprint density at radius 1 is 0.654 bits per heavy atom. The van der Waals surface area contributed by atoms with E-state index in [1.54, 1.807) is 0 Å². The molecule has 1 aromatic rings. The average Bonchev–Trinajstić information content (AvgIpc) is 2.73. The summed E-state index contributed by atoms with van der Waals surface area (Å²) in [5, 5.41) is 7.28. The van der Waals surface area contributed by atoms with Crippen molar-refractivity contribution in [1.82, 2.24) is 10.6 Å². The number of benzene rings is 1. The van der Waals surface area contributed by atoms with Crippen LogP contribution in [0.15, 0.2) is 24.3 Å². The summed E-state index contributed by atoms with van der Waals surface area (Å²) in [6.45, 7) is 1.68. The average molecular weight is 349 g/mol. The zero-order valence-electron chi connectivity index (χ0n) is 15.9. The minimum Gasteiger partial charge on any atom is -0.297 e. The topological polar surface area (TPSA) is 24.1 Å². The highest BCUT2D eigenvalue weighted by Crippen LogP contribution is 2.29. The predicted octanol–water partition coefficient (Wildman–Crippen LogP) is 4.54. The third kappa shape index (κ3) is 4.70. The molecule has 0 unspecified atom stereocenters. The summed E-state index contributed by atoms with van der Waals surface area (Å²) in [6.07, 6.45) is 23.6. The smallest absolute Gasteiger partial charge is 0.0800 e. The Labute approximate surface area is 159 Å². The first-order valence-corrected chi connectivity index (χ1v) is 10.2. The van der Waals surface area contributed by atoms with Crippen LogP contribution in [0.4, 0.5) is 0 Å². The van der Waals surface area contributed by atoms with E-state index in [1.807, 2.05) is 0 Å². The number of nitrogens with one attached hydrogen (secondary N) is 2. The molecule has 0 radical (unpaired) electrons. The van der Waals surface area contributed by atoms with E-state index in [9.17, 15) is 0 Å². The van der Waals surface area contributed by atoms with Crippen LogP contribution in [0, 0.1) is 24.7 Å². The molecule has 2 saturated carbocycles. The second-order valence-corrected chi connectivity index (χ2v) is 8.10. The molecule has 3 rings (SSSR count). The molecule has 2 nitrogen and oxygen atoms in total. The summed E-state index contributed by atoms with van der Waals surface area (Å²) in [7, 11) is 0. The lowest BCUT2D eigenvalue weighted by molar-refractivity contribution is 0.298. The van der Waals surface area contributed by atoms with Crippen LogP contribution in [-0.4, -0.2) is 11.1 Å². The normalized spacial score (nSPS) is 21.5. The molecule has 26 heavy (non-hydrogen) atoms. The summed E-state index contributed by atoms with van der Waals surface area (Å²) >= 11 is 0. The molecule has 2 N–H and O–H groups in total. The van der Waals surface area contributed by atoms with Crippen LogP contribution in [0.1, 0.15) is 75.3 Å². The molecule has 0 spiro atoms. The van der Waals surface area contributed by atoms with Gasteiger partial charge in [-0.1, -0.05) is 74.6 Å². The Morgan fingerprint density at radius 3 is 1.31 bits per heavy atom. The first-order chi connectivity index (χ1) is 12.7. The van der Waals surface area contributed by atoms with E-state index in [0.717, 1.165) is 38.8 Å². The molecule has 0 bridgehead atoms. The Hall–Kier alpha value is -1.74. The maximum atomic E-state index is 5.83. The molecule has 0 heterocycles. The van der Waals surface area contributed by atoms with Gasteiger partial charge < -0.3 is 0 Å². The largest absolute Gasteiger partial charge is 0.297 e. The lowest BCUT2D eigenvalue weighted by Gasteiger charge is -2.34. The zero-order chi connectivity index (χ0) is 18.3. The van der Waals surface area contributed by atoms with Crippen molar-refractivity contribution in [3.05, 3.63) is 35.4 Å². The molecule has 2 fully saturated rings. The quantitative estimate of drug-likeness (QED) is 0.738. The van der Waals surface area contributed by atoms with Crippen LogP contribution in [0.5, 0.6) is 0 Å². The molecular weight excluding hydrogens is 316 g/mol. The second-order valence-electron chi connectivity index (χ2n) is 8.10.